The van der Waals surface area contributed by atoms with Gasteiger partial charge in [-0.15, -0.1) is 36.5 Å². The second-order valence-electron chi connectivity index (χ2n) is 11.4. The van der Waals surface area contributed by atoms with Crippen molar-refractivity contribution in [2.45, 2.75) is 46.5 Å². The van der Waals surface area contributed by atoms with Crippen LogP contribution in [-0.4, -0.2) is 14.9 Å². The Hall–Kier alpha value is -4.08. The molecule has 1 aliphatic heterocycles. The molecule has 0 spiro atoms. The minimum Gasteiger partial charge on any atom is -0.506 e. The summed E-state index contributed by atoms with van der Waals surface area (Å²) in [6.07, 6.45) is 4.22. The van der Waals surface area contributed by atoms with Crippen LogP contribution in [0.25, 0.3) is 28.1 Å². The van der Waals surface area contributed by atoms with E-state index in [2.05, 4.69) is 111 Å². The summed E-state index contributed by atoms with van der Waals surface area (Å²) < 4.78 is 1.77. The second kappa shape index (κ2) is 12.6. The average molecular weight is 748 g/mol. The molecular weight excluding hydrogens is 712 g/mol. The predicted octanol–water partition coefficient (Wildman–Crippen LogP) is 9.18. The third-order valence-corrected chi connectivity index (χ3v) is 7.75. The Bertz CT molecular complexity index is 1730. The van der Waals surface area contributed by atoms with E-state index in [0.29, 0.717) is 17.5 Å². The Labute approximate surface area is 269 Å². The van der Waals surface area contributed by atoms with Gasteiger partial charge in [0.2, 0.25) is 0 Å². The first kappa shape index (κ1) is 30.4. The Morgan fingerprint density at radius 2 is 1.40 bits per heavy atom. The van der Waals surface area contributed by atoms with Gasteiger partial charge in [-0.1, -0.05) is 81.9 Å². The number of phenols is 1. The minimum atomic E-state index is 0. The molecule has 1 N–H and O–H groups in total. The van der Waals surface area contributed by atoms with Crippen LogP contribution >= 0.6 is 0 Å². The second-order valence-corrected chi connectivity index (χ2v) is 11.4. The molecule has 0 aliphatic carbocycles. The summed E-state index contributed by atoms with van der Waals surface area (Å²) in [5.74, 6) is 0.909. The largest absolute Gasteiger partial charge is 2.00 e. The first-order valence-electron chi connectivity index (χ1n) is 14.5. The summed E-state index contributed by atoms with van der Waals surface area (Å²) in [7, 11) is 0. The van der Waals surface area contributed by atoms with Gasteiger partial charge in [0.25, 0.3) is 0 Å². The van der Waals surface area contributed by atoms with Gasteiger partial charge in [-0.3, -0.25) is 0 Å². The average Bonchev–Trinajstić information content (AvgIpc) is 3.64. The van der Waals surface area contributed by atoms with Gasteiger partial charge in [-0.2, -0.15) is 0 Å². The van der Waals surface area contributed by atoms with Crippen LogP contribution in [-0.2, 0) is 21.1 Å². The fraction of sp³-hybridized carbons (Fsp3) is 0.189. The van der Waals surface area contributed by atoms with Gasteiger partial charge in [0, 0.05) is 17.1 Å². The predicted molar refractivity (Wildman–Crippen MR) is 173 cm³/mol. The van der Waals surface area contributed by atoms with Gasteiger partial charge in [0.05, 0.1) is 0 Å². The van der Waals surface area contributed by atoms with Crippen molar-refractivity contribution in [1.29, 1.82) is 0 Å². The molecule has 6 heteroatoms. The molecule has 0 saturated carbocycles. The maximum Gasteiger partial charge on any atom is 2.00 e. The first-order chi connectivity index (χ1) is 20.3. The molecule has 0 fully saturated rings. The number of phenolic OH excluding ortho intramolecular Hbond substituents is 1. The van der Waals surface area contributed by atoms with Crippen LogP contribution in [0.2, 0.25) is 0 Å². The van der Waals surface area contributed by atoms with E-state index in [0.717, 1.165) is 22.6 Å². The van der Waals surface area contributed by atoms with Gasteiger partial charge in [-0.05, 0) is 77.7 Å². The van der Waals surface area contributed by atoms with Crippen molar-refractivity contribution in [3.05, 3.63) is 133 Å². The normalized spacial score (nSPS) is 12.8. The summed E-state index contributed by atoms with van der Waals surface area (Å²) in [5.41, 5.74) is 10.6. The molecule has 0 unspecified atom stereocenters. The van der Waals surface area contributed by atoms with Gasteiger partial charge in [0.1, 0.15) is 11.4 Å². The van der Waals surface area contributed by atoms with Crippen LogP contribution in [0, 0.1) is 19.7 Å². The smallest absolute Gasteiger partial charge is 0.506 e. The third kappa shape index (κ3) is 6.05. The minimum absolute atomic E-state index is 0. The summed E-state index contributed by atoms with van der Waals surface area (Å²) >= 11 is 0. The van der Waals surface area contributed by atoms with E-state index < -0.39 is 0 Å². The van der Waals surface area contributed by atoms with Crippen LogP contribution in [0.1, 0.15) is 56.4 Å². The molecule has 5 nitrogen and oxygen atoms in total. The van der Waals surface area contributed by atoms with E-state index in [9.17, 15) is 5.11 Å². The van der Waals surface area contributed by atoms with Crippen molar-refractivity contribution in [3.63, 3.8) is 0 Å². The summed E-state index contributed by atoms with van der Waals surface area (Å²) in [4.78, 5) is 4.35. The maximum atomic E-state index is 10.4. The molecule has 2 heterocycles. The third-order valence-electron chi connectivity index (χ3n) is 7.75. The number of aryl methyl sites for hydroxylation is 1. The molecular formula is C37H36N4OPt. The number of nitrogens with zero attached hydrogens (tertiary/aromatic N) is 4. The first-order valence-corrected chi connectivity index (χ1v) is 14.5. The molecule has 0 saturated heterocycles. The van der Waals surface area contributed by atoms with Crippen molar-refractivity contribution >= 4 is 11.4 Å². The van der Waals surface area contributed by atoms with Crippen molar-refractivity contribution in [1.82, 2.24) is 9.78 Å². The topological polar surface area (TPSA) is 44.5 Å². The zero-order valence-corrected chi connectivity index (χ0v) is 27.4. The van der Waals surface area contributed by atoms with Crippen molar-refractivity contribution in [3.8, 4) is 33.8 Å². The van der Waals surface area contributed by atoms with E-state index in [1.54, 1.807) is 10.7 Å². The van der Waals surface area contributed by atoms with Crippen LogP contribution in [0.4, 0.5) is 11.4 Å². The molecule has 4 aromatic carbocycles. The van der Waals surface area contributed by atoms with E-state index in [-0.39, 0.29) is 26.8 Å². The Kier molecular flexibility index (Phi) is 8.94. The van der Waals surface area contributed by atoms with Crippen LogP contribution in [0.15, 0.2) is 103 Å². The molecule has 1 aliphatic rings. The number of aromatic nitrogens is 2. The fourth-order valence-electron chi connectivity index (χ4n) is 5.54. The monoisotopic (exact) mass is 747 g/mol. The SMILES string of the molecule is Cc1cc(-c2[c-]c(N3C=CN(c4c(C(C)C)cc(-c5ccccc5)cc4C(C)C)[CH-]3)ccc2)nn1-c1ccccc1O.[Pt+2]. The van der Waals surface area contributed by atoms with Gasteiger partial charge >= 0.3 is 21.1 Å². The van der Waals surface area contributed by atoms with Gasteiger partial charge in [0.15, 0.2) is 0 Å². The summed E-state index contributed by atoms with van der Waals surface area (Å²) in [5, 5.41) is 15.2. The fourth-order valence-corrected chi connectivity index (χ4v) is 5.54. The number of aromatic hydroxyl groups is 1. The molecule has 0 atom stereocenters. The maximum absolute atomic E-state index is 10.4. The standard InChI is InChI=1S/C37H36N4O.Pt/c1-25(2)32-22-30(28-12-7-6-8-13-28)23-33(26(3)4)37(32)40-19-18-39(24-40)31-15-11-14-29(21-31)34-20-27(5)41(38-34)35-16-9-10-17-36(35)42;/h6-20,22-26,42H,1-5H3;/q-2;+2. The van der Waals surface area contributed by atoms with Crippen molar-refractivity contribution < 1.29 is 26.2 Å². The summed E-state index contributed by atoms with van der Waals surface area (Å²) in [6, 6.07) is 34.3. The Morgan fingerprint density at radius 3 is 2.07 bits per heavy atom. The van der Waals surface area contributed by atoms with Crippen molar-refractivity contribution in [2.75, 3.05) is 9.80 Å². The zero-order valence-electron chi connectivity index (χ0n) is 25.1. The number of benzene rings is 4. The van der Waals surface area contributed by atoms with Crippen LogP contribution < -0.4 is 9.80 Å². The van der Waals surface area contributed by atoms with E-state index in [1.807, 2.05) is 43.3 Å². The van der Waals surface area contributed by atoms with Crippen molar-refractivity contribution in [2.24, 2.45) is 0 Å². The Morgan fingerprint density at radius 1 is 0.744 bits per heavy atom. The quantitative estimate of drug-likeness (QED) is 0.169. The molecule has 6 rings (SSSR count). The molecule has 220 valence electrons. The van der Waals surface area contributed by atoms with Gasteiger partial charge < -0.3 is 14.9 Å². The van der Waals surface area contributed by atoms with Crippen LogP contribution in [0.3, 0.4) is 0 Å². The molecule has 43 heavy (non-hydrogen) atoms. The number of para-hydroxylation sites is 2. The van der Waals surface area contributed by atoms with E-state index in [1.165, 1.54) is 27.9 Å². The van der Waals surface area contributed by atoms with Crippen LogP contribution in [0.5, 0.6) is 5.75 Å². The number of rotatable bonds is 7. The number of hydrogen-bond donors (Lipinski definition) is 1. The molecule has 0 bridgehead atoms. The Balaban J connectivity index is 0.00000368. The number of anilines is 2. The van der Waals surface area contributed by atoms with E-state index in [4.69, 9.17) is 5.10 Å². The molecule has 0 radical (unpaired) electrons. The zero-order chi connectivity index (χ0) is 29.4. The summed E-state index contributed by atoms with van der Waals surface area (Å²) in [6.45, 7) is 13.2. The van der Waals surface area contributed by atoms with Gasteiger partial charge in [-0.25, -0.2) is 9.78 Å². The molecule has 1 aromatic heterocycles. The molecule has 5 aromatic rings. The number of hydrogen-bond acceptors (Lipinski definition) is 4. The van der Waals surface area contributed by atoms with E-state index >= 15 is 0 Å². The molecule has 0 amide bonds.